The van der Waals surface area contributed by atoms with Crippen molar-refractivity contribution in [3.8, 4) is 11.5 Å². The first-order valence-corrected chi connectivity index (χ1v) is 10.4. The first-order valence-electron chi connectivity index (χ1n) is 10.4. The third-order valence-corrected chi connectivity index (χ3v) is 5.12. The van der Waals surface area contributed by atoms with E-state index in [1.807, 2.05) is 24.3 Å². The number of ether oxygens (including phenoxy) is 1. The Hall–Kier alpha value is -3.00. The fraction of sp³-hybridized carbons (Fsp3) is 0.259. The Balaban J connectivity index is 2.07. The fourth-order valence-electron chi connectivity index (χ4n) is 3.48. The maximum absolute atomic E-state index is 9.76. The van der Waals surface area contributed by atoms with Crippen molar-refractivity contribution in [2.24, 2.45) is 0 Å². The number of aryl methyl sites for hydroxylation is 1. The summed E-state index contributed by atoms with van der Waals surface area (Å²) in [5, 5.41) is 9.76. The van der Waals surface area contributed by atoms with E-state index in [1.165, 1.54) is 22.3 Å². The SMILES string of the molecule is CCCCOc1ccc(/C(=C(\CC)c2ccc(C)cc2)c2ccc(O)cc2)cc1. The maximum atomic E-state index is 9.76. The van der Waals surface area contributed by atoms with E-state index in [-0.39, 0.29) is 5.75 Å². The minimum Gasteiger partial charge on any atom is -0.508 e. The second-order valence-electron chi connectivity index (χ2n) is 7.35. The van der Waals surface area contributed by atoms with Crippen molar-refractivity contribution in [2.45, 2.75) is 40.0 Å². The number of phenols is 1. The van der Waals surface area contributed by atoms with Crippen LogP contribution in [0.5, 0.6) is 11.5 Å². The third kappa shape index (κ3) is 5.29. The lowest BCUT2D eigenvalue weighted by atomic mass is 9.88. The molecule has 0 aromatic heterocycles. The van der Waals surface area contributed by atoms with Crippen LogP contribution in [0.2, 0.25) is 0 Å². The molecule has 0 aliphatic heterocycles. The third-order valence-electron chi connectivity index (χ3n) is 5.12. The molecular formula is C27H30O2. The highest BCUT2D eigenvalue weighted by atomic mass is 16.5. The van der Waals surface area contributed by atoms with Crippen LogP contribution in [0.4, 0.5) is 0 Å². The number of rotatable bonds is 8. The van der Waals surface area contributed by atoms with E-state index >= 15 is 0 Å². The molecule has 0 spiro atoms. The highest BCUT2D eigenvalue weighted by molar-refractivity contribution is 5.98. The molecule has 0 fully saturated rings. The van der Waals surface area contributed by atoms with Crippen LogP contribution in [-0.4, -0.2) is 11.7 Å². The van der Waals surface area contributed by atoms with Crippen LogP contribution in [0.15, 0.2) is 72.8 Å². The van der Waals surface area contributed by atoms with Crippen LogP contribution in [0, 0.1) is 6.92 Å². The van der Waals surface area contributed by atoms with E-state index < -0.39 is 0 Å². The zero-order valence-electron chi connectivity index (χ0n) is 17.6. The summed E-state index contributed by atoms with van der Waals surface area (Å²) in [5.41, 5.74) is 7.20. The molecule has 0 saturated heterocycles. The number of benzene rings is 3. The molecule has 29 heavy (non-hydrogen) atoms. The van der Waals surface area contributed by atoms with Crippen LogP contribution in [0.3, 0.4) is 0 Å². The Labute approximate surface area is 174 Å². The summed E-state index contributed by atoms with van der Waals surface area (Å²) >= 11 is 0. The van der Waals surface area contributed by atoms with Crippen molar-refractivity contribution in [1.82, 2.24) is 0 Å². The summed E-state index contributed by atoms with van der Waals surface area (Å²) < 4.78 is 5.84. The van der Waals surface area contributed by atoms with Crippen LogP contribution in [-0.2, 0) is 0 Å². The standard InChI is InChI=1S/C27H30O2/c1-4-6-19-29-25-17-13-23(14-18-25)27(22-11-15-24(28)16-12-22)26(5-2)21-9-7-20(3)8-10-21/h7-18,28H,4-6,19H2,1-3H3/b27-26+. The summed E-state index contributed by atoms with van der Waals surface area (Å²) in [6.07, 6.45) is 3.10. The number of hydrogen-bond acceptors (Lipinski definition) is 2. The van der Waals surface area contributed by atoms with E-state index in [4.69, 9.17) is 4.74 Å². The van der Waals surface area contributed by atoms with E-state index in [1.54, 1.807) is 12.1 Å². The molecule has 0 aliphatic rings. The van der Waals surface area contributed by atoms with Gasteiger partial charge in [-0.15, -0.1) is 0 Å². The highest BCUT2D eigenvalue weighted by Crippen LogP contribution is 2.35. The molecule has 0 saturated carbocycles. The Bertz CT molecular complexity index is 933. The molecule has 2 heteroatoms. The average Bonchev–Trinajstić information content (AvgIpc) is 2.75. The summed E-state index contributed by atoms with van der Waals surface area (Å²) in [7, 11) is 0. The van der Waals surface area contributed by atoms with Gasteiger partial charge in [0.05, 0.1) is 6.61 Å². The predicted octanol–water partition coefficient (Wildman–Crippen LogP) is 7.25. The zero-order chi connectivity index (χ0) is 20.6. The molecule has 0 bridgehead atoms. The van der Waals surface area contributed by atoms with Crippen molar-refractivity contribution in [3.05, 3.63) is 95.1 Å². The van der Waals surface area contributed by atoms with Gasteiger partial charge in [-0.3, -0.25) is 0 Å². The van der Waals surface area contributed by atoms with E-state index in [2.05, 4.69) is 57.2 Å². The highest BCUT2D eigenvalue weighted by Gasteiger charge is 2.13. The van der Waals surface area contributed by atoms with Gasteiger partial charge in [0.25, 0.3) is 0 Å². The van der Waals surface area contributed by atoms with Crippen molar-refractivity contribution < 1.29 is 9.84 Å². The number of aromatic hydroxyl groups is 1. The molecule has 0 aliphatic carbocycles. The molecule has 3 rings (SSSR count). The predicted molar refractivity (Wildman–Crippen MR) is 122 cm³/mol. The van der Waals surface area contributed by atoms with Crippen LogP contribution < -0.4 is 4.74 Å². The topological polar surface area (TPSA) is 29.5 Å². The normalized spacial score (nSPS) is 11.8. The second-order valence-corrected chi connectivity index (χ2v) is 7.35. The van der Waals surface area contributed by atoms with Crippen molar-refractivity contribution in [1.29, 1.82) is 0 Å². The van der Waals surface area contributed by atoms with E-state index in [0.717, 1.165) is 42.7 Å². The largest absolute Gasteiger partial charge is 0.508 e. The molecule has 0 heterocycles. The fourth-order valence-corrected chi connectivity index (χ4v) is 3.48. The van der Waals surface area contributed by atoms with Crippen molar-refractivity contribution in [3.63, 3.8) is 0 Å². The average molecular weight is 387 g/mol. The van der Waals surface area contributed by atoms with Gasteiger partial charge in [0.15, 0.2) is 0 Å². The van der Waals surface area contributed by atoms with Gasteiger partial charge >= 0.3 is 0 Å². The van der Waals surface area contributed by atoms with Gasteiger partial charge in [-0.25, -0.2) is 0 Å². The Kier molecular flexibility index (Phi) is 7.13. The minimum absolute atomic E-state index is 0.279. The molecule has 2 nitrogen and oxygen atoms in total. The van der Waals surface area contributed by atoms with Gasteiger partial charge in [-0.1, -0.05) is 74.4 Å². The van der Waals surface area contributed by atoms with Crippen LogP contribution in [0.25, 0.3) is 11.1 Å². The summed E-state index contributed by atoms with van der Waals surface area (Å²) in [5.74, 6) is 1.18. The lowest BCUT2D eigenvalue weighted by Crippen LogP contribution is -1.98. The van der Waals surface area contributed by atoms with Gasteiger partial charge in [0, 0.05) is 0 Å². The maximum Gasteiger partial charge on any atom is 0.119 e. The van der Waals surface area contributed by atoms with Crippen molar-refractivity contribution >= 4 is 11.1 Å². The van der Waals surface area contributed by atoms with E-state index in [0.29, 0.717) is 0 Å². The summed E-state index contributed by atoms with van der Waals surface area (Å²) in [6.45, 7) is 7.22. The summed E-state index contributed by atoms with van der Waals surface area (Å²) in [6, 6.07) is 24.5. The molecular weight excluding hydrogens is 356 g/mol. The first-order chi connectivity index (χ1) is 14.1. The van der Waals surface area contributed by atoms with Gasteiger partial charge in [-0.2, -0.15) is 0 Å². The Morgan fingerprint density at radius 1 is 0.759 bits per heavy atom. The Morgan fingerprint density at radius 2 is 1.31 bits per heavy atom. The monoisotopic (exact) mass is 386 g/mol. The van der Waals surface area contributed by atoms with E-state index in [9.17, 15) is 5.11 Å². The van der Waals surface area contributed by atoms with Crippen LogP contribution >= 0.6 is 0 Å². The lowest BCUT2D eigenvalue weighted by molar-refractivity contribution is 0.309. The molecule has 0 radical (unpaired) electrons. The molecule has 0 unspecified atom stereocenters. The van der Waals surface area contributed by atoms with Crippen molar-refractivity contribution in [2.75, 3.05) is 6.61 Å². The molecule has 3 aromatic rings. The molecule has 0 amide bonds. The Morgan fingerprint density at radius 3 is 1.86 bits per heavy atom. The lowest BCUT2D eigenvalue weighted by Gasteiger charge is -2.17. The smallest absolute Gasteiger partial charge is 0.119 e. The molecule has 3 aromatic carbocycles. The van der Waals surface area contributed by atoms with Gasteiger partial charge in [0.2, 0.25) is 0 Å². The first kappa shape index (κ1) is 20.7. The minimum atomic E-state index is 0.279. The van der Waals surface area contributed by atoms with Gasteiger partial charge < -0.3 is 9.84 Å². The molecule has 1 N–H and O–H groups in total. The zero-order valence-corrected chi connectivity index (χ0v) is 17.6. The number of unbranched alkanes of at least 4 members (excludes halogenated alkanes) is 1. The van der Waals surface area contributed by atoms with Gasteiger partial charge in [0.1, 0.15) is 11.5 Å². The summed E-state index contributed by atoms with van der Waals surface area (Å²) in [4.78, 5) is 0. The number of phenolic OH excluding ortho intramolecular Hbond substituents is 1. The number of allylic oxidation sites excluding steroid dienone is 1. The molecule has 150 valence electrons. The van der Waals surface area contributed by atoms with Gasteiger partial charge in [-0.05, 0) is 71.9 Å². The molecule has 0 atom stereocenters. The second kappa shape index (κ2) is 9.97. The number of hydrogen-bond donors (Lipinski definition) is 1. The van der Waals surface area contributed by atoms with Crippen LogP contribution in [0.1, 0.15) is 55.4 Å². The quantitative estimate of drug-likeness (QED) is 0.326.